The standard InChI is InChI=1S/C26H39N5O/c1-3-27-26(28-15-14-25(32)24-8-6-5-7-9-24)29-20-22-10-12-23(13-11-22)21-31-18-16-30(4-2)17-19-31/h5-13,25,32H,3-4,14-21H2,1-2H3,(H2,27,28,29). The van der Waals surface area contributed by atoms with Gasteiger partial charge >= 0.3 is 0 Å². The van der Waals surface area contributed by atoms with Gasteiger partial charge in [-0.25, -0.2) is 4.99 Å². The maximum atomic E-state index is 10.3. The number of rotatable bonds is 10. The Morgan fingerprint density at radius 3 is 2.22 bits per heavy atom. The lowest BCUT2D eigenvalue weighted by Gasteiger charge is -2.34. The Bertz CT molecular complexity index is 801. The molecule has 1 saturated heterocycles. The summed E-state index contributed by atoms with van der Waals surface area (Å²) >= 11 is 0. The van der Waals surface area contributed by atoms with E-state index in [0.717, 1.165) is 44.2 Å². The lowest BCUT2D eigenvalue weighted by atomic mass is 10.1. The van der Waals surface area contributed by atoms with Crippen LogP contribution < -0.4 is 10.6 Å². The molecule has 0 aromatic heterocycles. The summed E-state index contributed by atoms with van der Waals surface area (Å²) in [6.07, 6.45) is 0.166. The summed E-state index contributed by atoms with van der Waals surface area (Å²) in [6.45, 7) is 13.2. The molecule has 1 heterocycles. The second kappa shape index (κ2) is 13.2. The molecule has 6 nitrogen and oxygen atoms in total. The van der Waals surface area contributed by atoms with Gasteiger partial charge in [0.1, 0.15) is 0 Å². The van der Waals surface area contributed by atoms with Crippen LogP contribution in [0, 0.1) is 0 Å². The van der Waals surface area contributed by atoms with Gasteiger partial charge in [-0.15, -0.1) is 0 Å². The number of aliphatic imine (C=N–C) groups is 1. The number of nitrogens with one attached hydrogen (secondary N) is 2. The van der Waals surface area contributed by atoms with E-state index < -0.39 is 6.10 Å². The van der Waals surface area contributed by atoms with E-state index in [1.165, 1.54) is 24.2 Å². The van der Waals surface area contributed by atoms with Crippen molar-refractivity contribution in [3.05, 3.63) is 71.3 Å². The molecule has 1 aliphatic heterocycles. The van der Waals surface area contributed by atoms with Crippen LogP contribution in [0.15, 0.2) is 59.6 Å². The molecule has 0 bridgehead atoms. The Morgan fingerprint density at radius 2 is 1.56 bits per heavy atom. The van der Waals surface area contributed by atoms with Crippen LogP contribution in [0.1, 0.15) is 43.1 Å². The molecule has 0 saturated carbocycles. The fraction of sp³-hybridized carbons (Fsp3) is 0.500. The van der Waals surface area contributed by atoms with E-state index in [1.54, 1.807) is 0 Å². The number of aliphatic hydroxyl groups is 1. The fourth-order valence-corrected chi connectivity index (χ4v) is 3.95. The minimum atomic E-state index is -0.468. The molecular weight excluding hydrogens is 398 g/mol. The molecule has 3 rings (SSSR count). The van der Waals surface area contributed by atoms with Crippen molar-refractivity contribution in [2.45, 2.75) is 39.5 Å². The molecule has 6 heteroatoms. The van der Waals surface area contributed by atoms with Crippen LogP contribution in [0.5, 0.6) is 0 Å². The molecule has 3 N–H and O–H groups in total. The first-order valence-electron chi connectivity index (χ1n) is 12.0. The predicted molar refractivity (Wildman–Crippen MR) is 133 cm³/mol. The minimum Gasteiger partial charge on any atom is -0.388 e. The second-order valence-electron chi connectivity index (χ2n) is 8.36. The van der Waals surface area contributed by atoms with Crippen molar-refractivity contribution in [2.75, 3.05) is 45.8 Å². The zero-order valence-corrected chi connectivity index (χ0v) is 19.6. The maximum Gasteiger partial charge on any atom is 0.191 e. The molecule has 174 valence electrons. The summed E-state index contributed by atoms with van der Waals surface area (Å²) in [7, 11) is 0. The number of hydrogen-bond donors (Lipinski definition) is 3. The van der Waals surface area contributed by atoms with Crippen molar-refractivity contribution >= 4 is 5.96 Å². The predicted octanol–water partition coefficient (Wildman–Crippen LogP) is 3.00. The van der Waals surface area contributed by atoms with Gasteiger partial charge in [0.05, 0.1) is 12.6 Å². The largest absolute Gasteiger partial charge is 0.388 e. The van der Waals surface area contributed by atoms with Gasteiger partial charge in [0.2, 0.25) is 0 Å². The van der Waals surface area contributed by atoms with E-state index in [-0.39, 0.29) is 0 Å². The summed E-state index contributed by atoms with van der Waals surface area (Å²) in [5.74, 6) is 0.783. The average molecular weight is 438 g/mol. The zero-order valence-electron chi connectivity index (χ0n) is 19.6. The molecule has 1 atom stereocenters. The molecule has 32 heavy (non-hydrogen) atoms. The van der Waals surface area contributed by atoms with E-state index >= 15 is 0 Å². The topological polar surface area (TPSA) is 63.1 Å². The van der Waals surface area contributed by atoms with Gasteiger partial charge in [-0.2, -0.15) is 0 Å². The summed E-state index contributed by atoms with van der Waals surface area (Å²) in [4.78, 5) is 9.76. The van der Waals surface area contributed by atoms with E-state index in [0.29, 0.717) is 19.5 Å². The summed E-state index contributed by atoms with van der Waals surface area (Å²) < 4.78 is 0. The first-order chi connectivity index (χ1) is 15.7. The van der Waals surface area contributed by atoms with Crippen molar-refractivity contribution in [1.29, 1.82) is 0 Å². The summed E-state index contributed by atoms with van der Waals surface area (Å²) in [5, 5.41) is 17.0. The van der Waals surface area contributed by atoms with Crippen molar-refractivity contribution in [3.8, 4) is 0 Å². The number of likely N-dealkylation sites (N-methyl/N-ethyl adjacent to an activating group) is 1. The third kappa shape index (κ3) is 7.93. The molecule has 2 aromatic rings. The Balaban J connectivity index is 1.44. The van der Waals surface area contributed by atoms with E-state index in [2.05, 4.69) is 58.5 Å². The van der Waals surface area contributed by atoms with Crippen LogP contribution in [-0.4, -0.2) is 66.7 Å². The molecule has 1 fully saturated rings. The molecule has 2 aromatic carbocycles. The third-order valence-electron chi connectivity index (χ3n) is 6.00. The first kappa shape index (κ1) is 24.2. The van der Waals surface area contributed by atoms with Crippen molar-refractivity contribution in [2.24, 2.45) is 4.99 Å². The Labute approximate surface area is 193 Å². The van der Waals surface area contributed by atoms with Gasteiger partial charge in [-0.3, -0.25) is 4.90 Å². The van der Waals surface area contributed by atoms with E-state index in [4.69, 9.17) is 4.99 Å². The molecule has 1 aliphatic rings. The summed E-state index contributed by atoms with van der Waals surface area (Å²) in [6, 6.07) is 18.6. The minimum absolute atomic E-state index is 0.468. The lowest BCUT2D eigenvalue weighted by Crippen LogP contribution is -2.45. The molecule has 0 amide bonds. The Hall–Kier alpha value is -2.41. The number of nitrogens with zero attached hydrogens (tertiary/aromatic N) is 3. The highest BCUT2D eigenvalue weighted by molar-refractivity contribution is 5.79. The van der Waals surface area contributed by atoms with E-state index in [9.17, 15) is 5.11 Å². The number of hydrogen-bond acceptors (Lipinski definition) is 4. The quantitative estimate of drug-likeness (QED) is 0.394. The number of benzene rings is 2. The van der Waals surface area contributed by atoms with E-state index in [1.807, 2.05) is 30.3 Å². The van der Waals surface area contributed by atoms with Crippen molar-refractivity contribution in [3.63, 3.8) is 0 Å². The molecule has 0 spiro atoms. The monoisotopic (exact) mass is 437 g/mol. The third-order valence-corrected chi connectivity index (χ3v) is 6.00. The number of piperazine rings is 1. The SMILES string of the molecule is CCNC(=NCc1ccc(CN2CCN(CC)CC2)cc1)NCCC(O)c1ccccc1. The highest BCUT2D eigenvalue weighted by Gasteiger charge is 2.15. The van der Waals surface area contributed by atoms with Gasteiger partial charge in [-0.1, -0.05) is 61.5 Å². The van der Waals surface area contributed by atoms with Gasteiger partial charge in [0, 0.05) is 45.8 Å². The Morgan fingerprint density at radius 1 is 0.906 bits per heavy atom. The van der Waals surface area contributed by atoms with Gasteiger partial charge in [-0.05, 0) is 36.6 Å². The van der Waals surface area contributed by atoms with Crippen molar-refractivity contribution in [1.82, 2.24) is 20.4 Å². The van der Waals surface area contributed by atoms with Gasteiger partial charge in [0.15, 0.2) is 5.96 Å². The van der Waals surface area contributed by atoms with Crippen LogP contribution in [0.4, 0.5) is 0 Å². The normalized spacial score (nSPS) is 16.7. The number of guanidine groups is 1. The van der Waals surface area contributed by atoms with Crippen molar-refractivity contribution < 1.29 is 5.11 Å². The summed E-state index contributed by atoms with van der Waals surface area (Å²) in [5.41, 5.74) is 3.51. The average Bonchev–Trinajstić information content (AvgIpc) is 2.84. The van der Waals surface area contributed by atoms with Crippen LogP contribution in [0.3, 0.4) is 0 Å². The highest BCUT2D eigenvalue weighted by atomic mass is 16.3. The lowest BCUT2D eigenvalue weighted by molar-refractivity contribution is 0.132. The molecular formula is C26H39N5O. The van der Waals surface area contributed by atoms with Gasteiger partial charge in [0.25, 0.3) is 0 Å². The number of aliphatic hydroxyl groups excluding tert-OH is 1. The highest BCUT2D eigenvalue weighted by Crippen LogP contribution is 2.15. The first-order valence-corrected chi connectivity index (χ1v) is 12.0. The van der Waals surface area contributed by atoms with Crippen LogP contribution in [0.2, 0.25) is 0 Å². The molecule has 1 unspecified atom stereocenters. The van der Waals surface area contributed by atoms with Crippen LogP contribution in [0.25, 0.3) is 0 Å². The second-order valence-corrected chi connectivity index (χ2v) is 8.36. The van der Waals surface area contributed by atoms with Gasteiger partial charge < -0.3 is 20.6 Å². The van der Waals surface area contributed by atoms with Crippen LogP contribution in [-0.2, 0) is 13.1 Å². The zero-order chi connectivity index (χ0) is 22.6. The molecule has 0 aliphatic carbocycles. The van der Waals surface area contributed by atoms with Crippen LogP contribution >= 0.6 is 0 Å². The smallest absolute Gasteiger partial charge is 0.191 e. The molecule has 0 radical (unpaired) electrons. The maximum absolute atomic E-state index is 10.3. The Kier molecular flexibility index (Phi) is 10.0. The fourth-order valence-electron chi connectivity index (χ4n) is 3.95.